The van der Waals surface area contributed by atoms with Crippen molar-refractivity contribution in [3.8, 4) is 5.75 Å². The lowest BCUT2D eigenvalue weighted by atomic mass is 10.1. The van der Waals surface area contributed by atoms with Gasteiger partial charge < -0.3 is 4.74 Å². The minimum Gasteiger partial charge on any atom is -0.483 e. The van der Waals surface area contributed by atoms with Crippen LogP contribution in [-0.4, -0.2) is 11.1 Å². The molecule has 14 heavy (non-hydrogen) atoms. The van der Waals surface area contributed by atoms with Crippen LogP contribution in [0.3, 0.4) is 0 Å². The van der Waals surface area contributed by atoms with Gasteiger partial charge >= 0.3 is 0 Å². The molecule has 1 heterocycles. The third kappa shape index (κ3) is 2.26. The molecule has 0 fully saturated rings. The second-order valence-corrected chi connectivity index (χ2v) is 3.67. The van der Waals surface area contributed by atoms with Gasteiger partial charge in [-0.25, -0.2) is 4.98 Å². The fourth-order valence-electron chi connectivity index (χ4n) is 1.50. The molecule has 0 N–H and O–H groups in total. The van der Waals surface area contributed by atoms with E-state index >= 15 is 0 Å². The number of pyridine rings is 1. The Kier molecular flexibility index (Phi) is 3.04. The van der Waals surface area contributed by atoms with Crippen LogP contribution < -0.4 is 4.74 Å². The first-order valence-corrected chi connectivity index (χ1v) is 5.18. The van der Waals surface area contributed by atoms with Crippen molar-refractivity contribution in [1.29, 1.82) is 0 Å². The van der Waals surface area contributed by atoms with Crippen LogP contribution in [0, 0.1) is 0 Å². The monoisotopic (exact) mass is 209 g/mol. The van der Waals surface area contributed by atoms with Crippen LogP contribution in [0.5, 0.6) is 5.75 Å². The van der Waals surface area contributed by atoms with E-state index < -0.39 is 0 Å². The van der Waals surface area contributed by atoms with Crippen LogP contribution in [0.4, 0.5) is 0 Å². The van der Waals surface area contributed by atoms with Gasteiger partial charge in [-0.3, -0.25) is 0 Å². The zero-order valence-corrected chi connectivity index (χ0v) is 8.57. The lowest BCUT2D eigenvalue weighted by Gasteiger charge is -2.18. The van der Waals surface area contributed by atoms with Crippen molar-refractivity contribution in [2.75, 3.05) is 0 Å². The molecule has 1 aliphatic carbocycles. The van der Waals surface area contributed by atoms with E-state index in [-0.39, 0.29) is 6.10 Å². The van der Waals surface area contributed by atoms with Crippen molar-refractivity contribution in [3.05, 3.63) is 35.6 Å². The molecule has 0 bridgehead atoms. The van der Waals surface area contributed by atoms with E-state index in [0.717, 1.165) is 12.8 Å². The molecule has 0 spiro atoms. The molecular formula is C11H12ClNO. The Bertz CT molecular complexity index is 338. The molecule has 1 aromatic rings. The largest absolute Gasteiger partial charge is 0.483 e. The number of aromatic nitrogens is 1. The van der Waals surface area contributed by atoms with Crippen LogP contribution in [0.15, 0.2) is 30.5 Å². The van der Waals surface area contributed by atoms with Gasteiger partial charge in [0.25, 0.3) is 0 Å². The Hall–Kier alpha value is -1.02. The minimum atomic E-state index is 0.158. The Balaban J connectivity index is 2.06. The fourth-order valence-corrected chi connectivity index (χ4v) is 1.67. The number of ether oxygens (including phenoxy) is 1. The van der Waals surface area contributed by atoms with Gasteiger partial charge in [-0.05, 0) is 37.5 Å². The summed E-state index contributed by atoms with van der Waals surface area (Å²) in [5.74, 6) is 0.672. The highest BCUT2D eigenvalue weighted by Crippen LogP contribution is 2.24. The summed E-state index contributed by atoms with van der Waals surface area (Å²) in [6.07, 6.45) is 9.45. The standard InChI is InChI=1S/C11H12ClNO/c12-11-10(7-4-8-13-11)14-9-5-2-1-3-6-9/h2,4-5,7-9H,1,3,6H2. The highest BCUT2D eigenvalue weighted by atomic mass is 35.5. The second kappa shape index (κ2) is 4.47. The van der Waals surface area contributed by atoms with Crippen LogP contribution in [0.1, 0.15) is 19.3 Å². The summed E-state index contributed by atoms with van der Waals surface area (Å²) in [6, 6.07) is 3.67. The van der Waals surface area contributed by atoms with Crippen LogP contribution in [-0.2, 0) is 0 Å². The van der Waals surface area contributed by atoms with Crippen molar-refractivity contribution in [3.63, 3.8) is 0 Å². The maximum Gasteiger partial charge on any atom is 0.171 e. The Morgan fingerprint density at radius 2 is 2.43 bits per heavy atom. The van der Waals surface area contributed by atoms with Crippen molar-refractivity contribution in [1.82, 2.24) is 4.98 Å². The van der Waals surface area contributed by atoms with Crippen molar-refractivity contribution in [2.45, 2.75) is 25.4 Å². The predicted molar refractivity (Wildman–Crippen MR) is 56.7 cm³/mol. The first kappa shape index (κ1) is 9.53. The quantitative estimate of drug-likeness (QED) is 0.551. The molecule has 0 amide bonds. The Labute approximate surface area is 88.6 Å². The molecule has 0 saturated heterocycles. The lowest BCUT2D eigenvalue weighted by molar-refractivity contribution is 0.229. The van der Waals surface area contributed by atoms with Crippen LogP contribution in [0.25, 0.3) is 0 Å². The first-order valence-electron chi connectivity index (χ1n) is 4.80. The first-order chi connectivity index (χ1) is 6.86. The van der Waals surface area contributed by atoms with Gasteiger partial charge in [0.1, 0.15) is 6.10 Å². The summed E-state index contributed by atoms with van der Waals surface area (Å²) in [5, 5.41) is 0.437. The molecule has 2 rings (SSSR count). The smallest absolute Gasteiger partial charge is 0.171 e. The number of nitrogens with zero attached hydrogens (tertiary/aromatic N) is 1. The summed E-state index contributed by atoms with van der Waals surface area (Å²) in [4.78, 5) is 3.96. The topological polar surface area (TPSA) is 22.1 Å². The number of hydrogen-bond donors (Lipinski definition) is 0. The summed E-state index contributed by atoms with van der Waals surface area (Å²) in [5.41, 5.74) is 0. The van der Waals surface area contributed by atoms with E-state index in [9.17, 15) is 0 Å². The van der Waals surface area contributed by atoms with Gasteiger partial charge in [-0.15, -0.1) is 0 Å². The number of hydrogen-bond acceptors (Lipinski definition) is 2. The zero-order chi connectivity index (χ0) is 9.80. The van der Waals surface area contributed by atoms with Gasteiger partial charge in [0.2, 0.25) is 0 Å². The molecule has 74 valence electrons. The average Bonchev–Trinajstić information content (AvgIpc) is 2.23. The number of allylic oxidation sites excluding steroid dienone is 1. The van der Waals surface area contributed by atoms with E-state index in [2.05, 4.69) is 17.1 Å². The second-order valence-electron chi connectivity index (χ2n) is 3.31. The zero-order valence-electron chi connectivity index (χ0n) is 7.82. The highest BCUT2D eigenvalue weighted by molar-refractivity contribution is 6.30. The minimum absolute atomic E-state index is 0.158. The molecule has 1 aliphatic rings. The molecule has 1 aromatic heterocycles. The van der Waals surface area contributed by atoms with E-state index in [1.165, 1.54) is 6.42 Å². The molecule has 2 nitrogen and oxygen atoms in total. The van der Waals surface area contributed by atoms with Crippen molar-refractivity contribution < 1.29 is 4.74 Å². The third-order valence-electron chi connectivity index (χ3n) is 2.21. The van der Waals surface area contributed by atoms with E-state index in [1.54, 1.807) is 6.20 Å². The summed E-state index contributed by atoms with van der Waals surface area (Å²) in [6.45, 7) is 0. The molecule has 3 heteroatoms. The maximum absolute atomic E-state index is 5.88. The highest BCUT2D eigenvalue weighted by Gasteiger charge is 2.11. The molecule has 0 aromatic carbocycles. The Morgan fingerprint density at radius 3 is 3.14 bits per heavy atom. The SMILES string of the molecule is Clc1ncccc1OC1C=CCCC1. The van der Waals surface area contributed by atoms with Gasteiger partial charge in [0, 0.05) is 6.20 Å². The summed E-state index contributed by atoms with van der Waals surface area (Å²) < 4.78 is 5.70. The molecular weight excluding hydrogens is 198 g/mol. The normalized spacial score (nSPS) is 20.8. The number of halogens is 1. The van der Waals surface area contributed by atoms with Crippen molar-refractivity contribution >= 4 is 11.6 Å². The van der Waals surface area contributed by atoms with Crippen molar-refractivity contribution in [2.24, 2.45) is 0 Å². The fraction of sp³-hybridized carbons (Fsp3) is 0.364. The van der Waals surface area contributed by atoms with Gasteiger partial charge in [0.15, 0.2) is 10.9 Å². The van der Waals surface area contributed by atoms with E-state index in [1.807, 2.05) is 12.1 Å². The van der Waals surface area contributed by atoms with Gasteiger partial charge in [-0.1, -0.05) is 17.7 Å². The van der Waals surface area contributed by atoms with Gasteiger partial charge in [0.05, 0.1) is 0 Å². The molecule has 1 atom stereocenters. The molecule has 0 radical (unpaired) electrons. The average molecular weight is 210 g/mol. The molecule has 0 aliphatic heterocycles. The maximum atomic E-state index is 5.88. The lowest BCUT2D eigenvalue weighted by Crippen LogP contribution is -2.15. The van der Waals surface area contributed by atoms with Gasteiger partial charge in [-0.2, -0.15) is 0 Å². The molecule has 0 saturated carbocycles. The third-order valence-corrected chi connectivity index (χ3v) is 2.50. The summed E-state index contributed by atoms with van der Waals surface area (Å²) >= 11 is 5.88. The Morgan fingerprint density at radius 1 is 1.50 bits per heavy atom. The van der Waals surface area contributed by atoms with Crippen LogP contribution >= 0.6 is 11.6 Å². The summed E-state index contributed by atoms with van der Waals surface area (Å²) in [7, 11) is 0. The number of rotatable bonds is 2. The predicted octanol–water partition coefficient (Wildman–Crippen LogP) is 3.22. The van der Waals surface area contributed by atoms with Crippen LogP contribution in [0.2, 0.25) is 5.15 Å². The van der Waals surface area contributed by atoms with E-state index in [0.29, 0.717) is 10.9 Å². The van der Waals surface area contributed by atoms with E-state index in [4.69, 9.17) is 16.3 Å². The molecule has 1 unspecified atom stereocenters.